The van der Waals surface area contributed by atoms with Gasteiger partial charge in [0.25, 0.3) is 6.47 Å². The second-order valence-electron chi connectivity index (χ2n) is 13.0. The summed E-state index contributed by atoms with van der Waals surface area (Å²) in [5.74, 6) is 0.412. The predicted octanol–water partition coefficient (Wildman–Crippen LogP) is 5.79. The molecule has 11 nitrogen and oxygen atoms in total. The zero-order valence-electron chi connectivity index (χ0n) is 26.3. The van der Waals surface area contributed by atoms with Crippen molar-refractivity contribution in [1.29, 1.82) is 0 Å². The van der Waals surface area contributed by atoms with E-state index in [-0.39, 0.29) is 59.4 Å². The zero-order chi connectivity index (χ0) is 33.2. The number of carbonyl (C=O) groups is 1. The van der Waals surface area contributed by atoms with Crippen LogP contribution in [0.15, 0.2) is 30.5 Å². The summed E-state index contributed by atoms with van der Waals surface area (Å²) < 4.78 is 49.3. The number of aromatic nitrogens is 4. The number of nitrogen functional groups attached to an aromatic ring is 1. The van der Waals surface area contributed by atoms with E-state index in [4.69, 9.17) is 41.5 Å². The standard InChI is InChI=1S/C34H34ClF2N7O4/c1-18(22-4-2-8-39-30(22)38)44-10-11-46-32-26-29(41-33(42-31(26)44)47-16-34-7-3-9-43(34)15-20(36)14-34)27(37)28(40-32)23-12-21(48-17-45)13-24(35)25(23)19-5-6-19/h2,4,8,12-13,17-20H,3,5-7,9-11,14-16H2,1H3,(H2,38,39)/t18?,20-,34+/m1/s1. The van der Waals surface area contributed by atoms with E-state index in [0.717, 1.165) is 43.4 Å². The van der Waals surface area contributed by atoms with E-state index in [1.165, 1.54) is 0 Å². The number of halogens is 3. The Labute approximate surface area is 280 Å². The number of ether oxygens (including phenoxy) is 3. The van der Waals surface area contributed by atoms with Gasteiger partial charge >= 0.3 is 6.01 Å². The number of alkyl halides is 1. The van der Waals surface area contributed by atoms with Crippen molar-refractivity contribution in [1.82, 2.24) is 24.8 Å². The van der Waals surface area contributed by atoms with Crippen LogP contribution in [-0.2, 0) is 4.79 Å². The van der Waals surface area contributed by atoms with Crippen molar-refractivity contribution in [2.75, 3.05) is 43.5 Å². The molecule has 0 amide bonds. The molecule has 3 aliphatic heterocycles. The maximum absolute atomic E-state index is 17.1. The van der Waals surface area contributed by atoms with Gasteiger partial charge in [0.05, 0.1) is 18.1 Å². The summed E-state index contributed by atoms with van der Waals surface area (Å²) in [5, 5.41) is 0.629. The summed E-state index contributed by atoms with van der Waals surface area (Å²) in [6.07, 6.45) is 4.55. The SMILES string of the molecule is CC(c1cccnc1N)N1CCOc2nc(-c3cc(OC=O)cc(Cl)c3C3CC3)c(F)c3nc(OC[C@@]45CCCN4C[C@H](F)C5)nc1c23. The summed E-state index contributed by atoms with van der Waals surface area (Å²) in [5.41, 5.74) is 7.60. The van der Waals surface area contributed by atoms with Crippen LogP contribution in [-0.4, -0.2) is 75.9 Å². The van der Waals surface area contributed by atoms with Gasteiger partial charge in [-0.3, -0.25) is 9.69 Å². The number of benzene rings is 1. The molecule has 1 aliphatic carbocycles. The van der Waals surface area contributed by atoms with Crippen LogP contribution in [0, 0.1) is 5.82 Å². The van der Waals surface area contributed by atoms with Crippen LogP contribution >= 0.6 is 11.6 Å². The van der Waals surface area contributed by atoms with E-state index in [1.54, 1.807) is 24.4 Å². The van der Waals surface area contributed by atoms with Crippen molar-refractivity contribution in [2.45, 2.75) is 62.7 Å². The first kappa shape index (κ1) is 30.9. The lowest BCUT2D eigenvalue weighted by Crippen LogP contribution is -2.43. The van der Waals surface area contributed by atoms with Crippen LogP contribution in [0.5, 0.6) is 17.6 Å². The minimum Gasteiger partial charge on any atom is -0.475 e. The fourth-order valence-electron chi connectivity index (χ4n) is 7.68. The van der Waals surface area contributed by atoms with Crippen LogP contribution in [0.3, 0.4) is 0 Å². The number of nitrogens with two attached hydrogens (primary N) is 1. The summed E-state index contributed by atoms with van der Waals surface area (Å²) in [4.78, 5) is 33.8. The third-order valence-electron chi connectivity index (χ3n) is 10.1. The first-order valence-electron chi connectivity index (χ1n) is 16.2. The second kappa shape index (κ2) is 12.0. The van der Waals surface area contributed by atoms with Crippen LogP contribution in [0.4, 0.5) is 20.4 Å². The van der Waals surface area contributed by atoms with Gasteiger partial charge in [-0.15, -0.1) is 0 Å². The van der Waals surface area contributed by atoms with Crippen LogP contribution in [0.2, 0.25) is 5.02 Å². The van der Waals surface area contributed by atoms with E-state index < -0.39 is 17.5 Å². The van der Waals surface area contributed by atoms with Crippen molar-refractivity contribution in [3.8, 4) is 28.9 Å². The van der Waals surface area contributed by atoms with E-state index >= 15 is 4.39 Å². The number of hydrogen-bond donors (Lipinski definition) is 1. The van der Waals surface area contributed by atoms with Crippen molar-refractivity contribution in [3.05, 3.63) is 52.4 Å². The number of fused-ring (bicyclic) bond motifs is 1. The Kier molecular flexibility index (Phi) is 7.71. The Bertz CT molecular complexity index is 1930. The molecular formula is C34H34ClF2N7O4. The maximum Gasteiger partial charge on any atom is 0.319 e. The second-order valence-corrected chi connectivity index (χ2v) is 13.5. The van der Waals surface area contributed by atoms with Gasteiger partial charge in [0.15, 0.2) is 5.82 Å². The summed E-state index contributed by atoms with van der Waals surface area (Å²) in [6, 6.07) is 6.42. The van der Waals surface area contributed by atoms with Crippen molar-refractivity contribution in [3.63, 3.8) is 0 Å². The highest BCUT2D eigenvalue weighted by Gasteiger charge is 2.49. The first-order chi connectivity index (χ1) is 23.3. The molecule has 250 valence electrons. The Morgan fingerprint density at radius 2 is 2.10 bits per heavy atom. The fraction of sp³-hybridized carbons (Fsp3) is 0.441. The molecule has 4 aliphatic rings. The minimum absolute atomic E-state index is 0.0390. The molecule has 3 fully saturated rings. The summed E-state index contributed by atoms with van der Waals surface area (Å²) in [7, 11) is 0. The largest absolute Gasteiger partial charge is 0.475 e. The van der Waals surface area contributed by atoms with Crippen molar-refractivity contribution in [2.24, 2.45) is 0 Å². The molecular weight excluding hydrogens is 644 g/mol. The van der Waals surface area contributed by atoms with Crippen LogP contribution in [0.25, 0.3) is 22.2 Å². The third-order valence-corrected chi connectivity index (χ3v) is 10.4. The number of hydrogen-bond acceptors (Lipinski definition) is 11. The highest BCUT2D eigenvalue weighted by atomic mass is 35.5. The minimum atomic E-state index is -0.936. The molecule has 2 saturated heterocycles. The molecule has 8 rings (SSSR count). The molecule has 0 spiro atoms. The Morgan fingerprint density at radius 1 is 1.25 bits per heavy atom. The monoisotopic (exact) mass is 677 g/mol. The summed E-state index contributed by atoms with van der Waals surface area (Å²) >= 11 is 6.69. The highest BCUT2D eigenvalue weighted by Crippen LogP contribution is 2.50. The molecule has 1 saturated carbocycles. The van der Waals surface area contributed by atoms with Gasteiger partial charge in [-0.25, -0.2) is 18.7 Å². The Morgan fingerprint density at radius 3 is 2.90 bits per heavy atom. The maximum atomic E-state index is 17.1. The molecule has 1 aromatic carbocycles. The summed E-state index contributed by atoms with van der Waals surface area (Å²) in [6.45, 7) is 4.15. The molecule has 3 atom stereocenters. The lowest BCUT2D eigenvalue weighted by atomic mass is 9.95. The fourth-order valence-corrected chi connectivity index (χ4v) is 8.04. The van der Waals surface area contributed by atoms with Gasteiger partial charge in [0.1, 0.15) is 53.4 Å². The van der Waals surface area contributed by atoms with Crippen LogP contribution in [0.1, 0.15) is 62.1 Å². The molecule has 48 heavy (non-hydrogen) atoms. The molecule has 0 radical (unpaired) electrons. The average molecular weight is 678 g/mol. The number of anilines is 2. The van der Waals surface area contributed by atoms with E-state index in [1.807, 2.05) is 17.9 Å². The van der Waals surface area contributed by atoms with Crippen molar-refractivity contribution < 1.29 is 27.8 Å². The zero-order valence-corrected chi connectivity index (χ0v) is 27.1. The van der Waals surface area contributed by atoms with E-state index in [2.05, 4.69) is 14.9 Å². The number of carbonyl (C=O) groups excluding carboxylic acids is 1. The molecule has 4 aromatic rings. The number of rotatable bonds is 9. The van der Waals surface area contributed by atoms with Gasteiger partial charge < -0.3 is 24.8 Å². The van der Waals surface area contributed by atoms with Gasteiger partial charge in [-0.05, 0) is 68.8 Å². The molecule has 0 bridgehead atoms. The quantitative estimate of drug-likeness (QED) is 0.216. The lowest BCUT2D eigenvalue weighted by Gasteiger charge is -2.32. The molecule has 2 N–H and O–H groups in total. The number of nitrogens with zero attached hydrogens (tertiary/aromatic N) is 6. The lowest BCUT2D eigenvalue weighted by molar-refractivity contribution is -0.120. The first-order valence-corrected chi connectivity index (χ1v) is 16.6. The topological polar surface area (TPSA) is 129 Å². The number of pyridine rings is 2. The smallest absolute Gasteiger partial charge is 0.319 e. The van der Waals surface area contributed by atoms with Crippen molar-refractivity contribution >= 4 is 40.6 Å². The Balaban J connectivity index is 1.31. The normalized spacial score (nSPS) is 22.7. The molecule has 3 aromatic heterocycles. The predicted molar refractivity (Wildman–Crippen MR) is 175 cm³/mol. The Hall–Kier alpha value is -4.36. The van der Waals surface area contributed by atoms with E-state index in [9.17, 15) is 9.18 Å². The van der Waals surface area contributed by atoms with Gasteiger partial charge in [0.2, 0.25) is 5.88 Å². The van der Waals surface area contributed by atoms with Gasteiger partial charge in [-0.1, -0.05) is 17.7 Å². The third kappa shape index (κ3) is 5.23. The molecule has 1 unspecified atom stereocenters. The average Bonchev–Trinajstić information content (AvgIpc) is 3.79. The molecule has 14 heteroatoms. The van der Waals surface area contributed by atoms with E-state index in [0.29, 0.717) is 48.2 Å². The highest BCUT2D eigenvalue weighted by molar-refractivity contribution is 6.32. The molecule has 6 heterocycles. The van der Waals surface area contributed by atoms with Crippen LogP contribution < -0.4 is 24.8 Å². The van der Waals surface area contributed by atoms with Gasteiger partial charge in [-0.2, -0.15) is 9.97 Å². The van der Waals surface area contributed by atoms with Gasteiger partial charge in [0, 0.05) is 35.3 Å².